The van der Waals surface area contributed by atoms with Crippen molar-refractivity contribution in [3.63, 3.8) is 0 Å². The molecule has 1 aromatic heterocycles. The number of aromatic nitrogens is 1. The lowest BCUT2D eigenvalue weighted by molar-refractivity contribution is -0.137. The Morgan fingerprint density at radius 1 is 1.15 bits per heavy atom. The number of carbonyl (C=O) groups excluding carboxylic acids is 1. The van der Waals surface area contributed by atoms with Gasteiger partial charge in [0.15, 0.2) is 6.61 Å². The van der Waals surface area contributed by atoms with Crippen LogP contribution in [0.1, 0.15) is 66.8 Å². The molecule has 1 saturated heterocycles. The van der Waals surface area contributed by atoms with Crippen LogP contribution < -0.4 is 4.74 Å². The third-order valence-electron chi connectivity index (χ3n) is 6.06. The van der Waals surface area contributed by atoms with Crippen molar-refractivity contribution in [3.05, 3.63) is 22.4 Å². The van der Waals surface area contributed by atoms with Gasteiger partial charge in [-0.15, -0.1) is 0 Å². The number of pyridine rings is 1. The summed E-state index contributed by atoms with van der Waals surface area (Å²) in [6.07, 6.45) is 9.10. The van der Waals surface area contributed by atoms with Crippen LogP contribution in [0.4, 0.5) is 0 Å². The highest BCUT2D eigenvalue weighted by Gasteiger charge is 2.29. The zero-order chi connectivity index (χ0) is 18.6. The molecule has 1 aliphatic heterocycles. The molecule has 4 rings (SSSR count). The Balaban J connectivity index is 1.57. The second-order valence-electron chi connectivity index (χ2n) is 7.72. The van der Waals surface area contributed by atoms with Gasteiger partial charge in [-0.25, -0.2) is 4.98 Å². The van der Waals surface area contributed by atoms with Crippen LogP contribution in [0, 0.1) is 11.3 Å². The summed E-state index contributed by atoms with van der Waals surface area (Å²) in [7, 11) is 0. The minimum atomic E-state index is -0.0660. The molecule has 2 heterocycles. The maximum Gasteiger partial charge on any atom is 0.260 e. The van der Waals surface area contributed by atoms with Gasteiger partial charge in [0.05, 0.1) is 18.9 Å². The van der Waals surface area contributed by atoms with Gasteiger partial charge in [-0.2, -0.15) is 5.26 Å². The molecule has 144 valence electrons. The molecule has 1 aromatic rings. The summed E-state index contributed by atoms with van der Waals surface area (Å²) >= 11 is 0. The van der Waals surface area contributed by atoms with Gasteiger partial charge in [0.25, 0.3) is 5.91 Å². The van der Waals surface area contributed by atoms with Crippen molar-refractivity contribution in [1.82, 2.24) is 9.88 Å². The van der Waals surface area contributed by atoms with Crippen molar-refractivity contribution in [3.8, 4) is 11.9 Å². The second kappa shape index (κ2) is 8.26. The minimum absolute atomic E-state index is 0.0649. The van der Waals surface area contributed by atoms with E-state index in [1.807, 2.05) is 0 Å². The molecular formula is C21H27N3O3. The van der Waals surface area contributed by atoms with E-state index in [1.54, 1.807) is 4.90 Å². The average molecular weight is 369 g/mol. The van der Waals surface area contributed by atoms with Crippen LogP contribution in [0.25, 0.3) is 0 Å². The first-order valence-electron chi connectivity index (χ1n) is 10.2. The summed E-state index contributed by atoms with van der Waals surface area (Å²) in [5, 5.41) is 9.72. The molecule has 0 atom stereocenters. The number of ether oxygens (including phenoxy) is 2. The highest BCUT2D eigenvalue weighted by Crippen LogP contribution is 2.40. The normalized spacial score (nSPS) is 20.2. The second-order valence-corrected chi connectivity index (χ2v) is 7.72. The van der Waals surface area contributed by atoms with Crippen molar-refractivity contribution in [2.75, 3.05) is 32.9 Å². The van der Waals surface area contributed by atoms with E-state index in [-0.39, 0.29) is 12.5 Å². The number of hydrogen-bond acceptors (Lipinski definition) is 5. The van der Waals surface area contributed by atoms with E-state index in [1.165, 1.54) is 24.8 Å². The molecule has 0 N–H and O–H groups in total. The van der Waals surface area contributed by atoms with Gasteiger partial charge >= 0.3 is 0 Å². The molecule has 0 aromatic carbocycles. The van der Waals surface area contributed by atoms with Crippen molar-refractivity contribution in [1.29, 1.82) is 5.26 Å². The molecule has 2 aliphatic carbocycles. The lowest BCUT2D eigenvalue weighted by Crippen LogP contribution is -2.43. The van der Waals surface area contributed by atoms with Crippen LogP contribution in [0.2, 0.25) is 0 Å². The topological polar surface area (TPSA) is 75.5 Å². The fraction of sp³-hybridized carbons (Fsp3) is 0.667. The quantitative estimate of drug-likeness (QED) is 0.816. The van der Waals surface area contributed by atoms with Gasteiger partial charge in [-0.3, -0.25) is 4.79 Å². The number of nitrogens with zero attached hydrogens (tertiary/aromatic N) is 3. The summed E-state index contributed by atoms with van der Waals surface area (Å²) in [4.78, 5) is 19.0. The molecule has 0 radical (unpaired) electrons. The molecule has 6 heteroatoms. The standard InChI is InChI=1S/C21H27N3O3/c22-13-18-16-7-4-8-17(16)20(15-5-2-1-3-6-15)23-21(18)27-14-19(25)24-9-11-26-12-10-24/h15H,1-12,14H2. The number of morpholine rings is 1. The van der Waals surface area contributed by atoms with Crippen LogP contribution in [0.3, 0.4) is 0 Å². The maximum atomic E-state index is 12.4. The largest absolute Gasteiger partial charge is 0.467 e. The summed E-state index contributed by atoms with van der Waals surface area (Å²) in [6, 6.07) is 2.30. The lowest BCUT2D eigenvalue weighted by Gasteiger charge is -2.27. The number of nitriles is 1. The van der Waals surface area contributed by atoms with E-state index in [2.05, 4.69) is 6.07 Å². The number of carbonyl (C=O) groups is 1. The first-order chi connectivity index (χ1) is 13.3. The van der Waals surface area contributed by atoms with E-state index in [9.17, 15) is 10.1 Å². The Morgan fingerprint density at radius 2 is 1.89 bits per heavy atom. The van der Waals surface area contributed by atoms with Crippen LogP contribution >= 0.6 is 0 Å². The molecule has 27 heavy (non-hydrogen) atoms. The van der Waals surface area contributed by atoms with Gasteiger partial charge in [0.2, 0.25) is 5.88 Å². The predicted molar refractivity (Wildman–Crippen MR) is 99.7 cm³/mol. The molecule has 0 bridgehead atoms. The van der Waals surface area contributed by atoms with E-state index < -0.39 is 0 Å². The first-order valence-corrected chi connectivity index (χ1v) is 10.2. The zero-order valence-electron chi connectivity index (χ0n) is 15.8. The van der Waals surface area contributed by atoms with Crippen molar-refractivity contribution in [2.24, 2.45) is 0 Å². The van der Waals surface area contributed by atoms with Crippen LogP contribution in [0.5, 0.6) is 5.88 Å². The predicted octanol–water partition coefficient (Wildman–Crippen LogP) is 2.73. The Bertz CT molecular complexity index is 744. The van der Waals surface area contributed by atoms with Gasteiger partial charge in [-0.05, 0) is 43.2 Å². The Hall–Kier alpha value is -2.13. The molecule has 6 nitrogen and oxygen atoms in total. The van der Waals surface area contributed by atoms with Crippen molar-refractivity contribution < 1.29 is 14.3 Å². The summed E-state index contributed by atoms with van der Waals surface area (Å²) in [6.45, 7) is 2.26. The number of amides is 1. The third-order valence-corrected chi connectivity index (χ3v) is 6.06. The SMILES string of the molecule is N#Cc1c(OCC(=O)N2CCOCC2)nc(C2CCCCC2)c2c1CCC2. The minimum Gasteiger partial charge on any atom is -0.467 e. The maximum absolute atomic E-state index is 12.4. The van der Waals surface area contributed by atoms with E-state index in [0.717, 1.165) is 43.4 Å². The first kappa shape index (κ1) is 18.2. The smallest absolute Gasteiger partial charge is 0.260 e. The van der Waals surface area contributed by atoms with E-state index in [0.29, 0.717) is 43.7 Å². The average Bonchev–Trinajstić information content (AvgIpc) is 3.22. The highest BCUT2D eigenvalue weighted by molar-refractivity contribution is 5.78. The Morgan fingerprint density at radius 3 is 2.63 bits per heavy atom. The molecular weight excluding hydrogens is 342 g/mol. The third kappa shape index (κ3) is 3.79. The summed E-state index contributed by atoms with van der Waals surface area (Å²) in [5.41, 5.74) is 4.07. The Labute approximate surface area is 160 Å². The zero-order valence-corrected chi connectivity index (χ0v) is 15.8. The molecule has 1 amide bonds. The monoisotopic (exact) mass is 369 g/mol. The number of fused-ring (bicyclic) bond motifs is 1. The fourth-order valence-corrected chi connectivity index (χ4v) is 4.63. The summed E-state index contributed by atoms with van der Waals surface area (Å²) in [5.74, 6) is 0.764. The fourth-order valence-electron chi connectivity index (χ4n) is 4.63. The van der Waals surface area contributed by atoms with Gasteiger partial charge in [0, 0.05) is 19.0 Å². The van der Waals surface area contributed by atoms with Crippen LogP contribution in [0.15, 0.2) is 0 Å². The van der Waals surface area contributed by atoms with Crippen LogP contribution in [-0.2, 0) is 22.4 Å². The number of rotatable bonds is 4. The van der Waals surface area contributed by atoms with E-state index in [4.69, 9.17) is 14.5 Å². The molecule has 2 fully saturated rings. The summed E-state index contributed by atoms with van der Waals surface area (Å²) < 4.78 is 11.1. The molecule has 0 unspecified atom stereocenters. The van der Waals surface area contributed by atoms with Gasteiger partial charge in [0.1, 0.15) is 11.6 Å². The lowest BCUT2D eigenvalue weighted by atomic mass is 9.84. The van der Waals surface area contributed by atoms with Gasteiger partial charge in [-0.1, -0.05) is 19.3 Å². The van der Waals surface area contributed by atoms with Crippen molar-refractivity contribution >= 4 is 5.91 Å². The molecule has 3 aliphatic rings. The van der Waals surface area contributed by atoms with Gasteiger partial charge < -0.3 is 14.4 Å². The van der Waals surface area contributed by atoms with E-state index >= 15 is 0 Å². The Kier molecular flexibility index (Phi) is 5.58. The molecule has 1 saturated carbocycles. The molecule has 0 spiro atoms. The number of hydrogen-bond donors (Lipinski definition) is 0. The highest BCUT2D eigenvalue weighted by atomic mass is 16.5. The van der Waals surface area contributed by atoms with Crippen molar-refractivity contribution in [2.45, 2.75) is 57.3 Å². The van der Waals surface area contributed by atoms with Crippen LogP contribution in [-0.4, -0.2) is 48.7 Å².